The second kappa shape index (κ2) is 7.11. The number of hydrogen-bond donors (Lipinski definition) is 0. The first-order valence-electron chi connectivity index (χ1n) is 6.96. The fourth-order valence-electron chi connectivity index (χ4n) is 2.41. The van der Waals surface area contributed by atoms with Gasteiger partial charge in [0.25, 0.3) is 0 Å². The predicted molar refractivity (Wildman–Crippen MR) is 77.5 cm³/mol. The second-order valence-electron chi connectivity index (χ2n) is 5.74. The van der Waals surface area contributed by atoms with Crippen LogP contribution in [0.1, 0.15) is 52.9 Å². The van der Waals surface area contributed by atoms with Crippen molar-refractivity contribution in [2.75, 3.05) is 12.4 Å². The van der Waals surface area contributed by atoms with Crippen LogP contribution in [0.5, 0.6) is 0 Å². The summed E-state index contributed by atoms with van der Waals surface area (Å²) in [4.78, 5) is 0. The van der Waals surface area contributed by atoms with Gasteiger partial charge < -0.3 is 0 Å². The molecule has 0 bridgehead atoms. The smallest absolute Gasteiger partial charge is 0.212 e. The number of halogens is 1. The lowest BCUT2D eigenvalue weighted by atomic mass is 10.1. The fraction of sp³-hybridized carbons (Fsp3) is 1.00. The van der Waals surface area contributed by atoms with Gasteiger partial charge >= 0.3 is 0 Å². The number of sulfonamides is 1. The molecule has 1 aliphatic rings. The van der Waals surface area contributed by atoms with Crippen LogP contribution < -0.4 is 0 Å². The minimum absolute atomic E-state index is 0.174. The summed E-state index contributed by atoms with van der Waals surface area (Å²) in [6.07, 6.45) is 5.23. The number of nitrogens with zero attached hydrogens (tertiary/aromatic N) is 1. The van der Waals surface area contributed by atoms with E-state index in [4.69, 9.17) is 11.6 Å². The molecule has 3 nitrogen and oxygen atoms in total. The Morgan fingerprint density at radius 1 is 1.22 bits per heavy atom. The highest BCUT2D eigenvalue weighted by Crippen LogP contribution is 2.28. The molecule has 0 N–H and O–H groups in total. The summed E-state index contributed by atoms with van der Waals surface area (Å²) in [6, 6.07) is 0.208. The van der Waals surface area contributed by atoms with Gasteiger partial charge in [0.1, 0.15) is 0 Å². The number of alkyl halides is 1. The van der Waals surface area contributed by atoms with E-state index in [2.05, 4.69) is 13.8 Å². The van der Waals surface area contributed by atoms with Gasteiger partial charge in [0, 0.05) is 18.5 Å². The normalized spacial score (nSPS) is 19.9. The highest BCUT2D eigenvalue weighted by Gasteiger charge is 2.34. The molecule has 0 aromatic heterocycles. The average molecular weight is 296 g/mol. The summed E-state index contributed by atoms with van der Waals surface area (Å²) in [6.45, 7) is 6.61. The van der Waals surface area contributed by atoms with Crippen molar-refractivity contribution in [3.63, 3.8) is 0 Å². The third-order valence-electron chi connectivity index (χ3n) is 3.71. The van der Waals surface area contributed by atoms with E-state index < -0.39 is 15.3 Å². The summed E-state index contributed by atoms with van der Waals surface area (Å²) in [5.41, 5.74) is 0. The van der Waals surface area contributed by atoms with Crippen LogP contribution in [-0.2, 0) is 10.0 Å². The van der Waals surface area contributed by atoms with Crippen molar-refractivity contribution in [3.05, 3.63) is 0 Å². The van der Waals surface area contributed by atoms with Crippen LogP contribution in [0.2, 0.25) is 0 Å². The van der Waals surface area contributed by atoms with E-state index in [0.717, 1.165) is 32.1 Å². The lowest BCUT2D eigenvalue weighted by molar-refractivity contribution is 0.302. The second-order valence-corrected chi connectivity index (χ2v) is 8.35. The van der Waals surface area contributed by atoms with Crippen molar-refractivity contribution in [3.8, 4) is 0 Å². The van der Waals surface area contributed by atoms with E-state index in [0.29, 0.717) is 12.5 Å². The molecule has 0 saturated heterocycles. The van der Waals surface area contributed by atoms with Crippen LogP contribution in [-0.4, -0.2) is 36.4 Å². The standard InChI is InChI=1S/C13H26ClNO2S/c1-11(2)8-9-15(13-6-4-5-7-13)18(16,17)12(3)10-14/h11-13H,4-10H2,1-3H3. The van der Waals surface area contributed by atoms with Crippen molar-refractivity contribution >= 4 is 21.6 Å². The van der Waals surface area contributed by atoms with E-state index in [1.165, 1.54) is 0 Å². The van der Waals surface area contributed by atoms with Gasteiger partial charge in [-0.1, -0.05) is 26.7 Å². The van der Waals surface area contributed by atoms with Gasteiger partial charge in [-0.3, -0.25) is 0 Å². The first-order chi connectivity index (χ1) is 8.39. The Bertz CT molecular complexity index is 337. The molecule has 0 radical (unpaired) electrons. The summed E-state index contributed by atoms with van der Waals surface area (Å²) in [5.74, 6) is 0.697. The van der Waals surface area contributed by atoms with Crippen LogP contribution in [0.25, 0.3) is 0 Å². The number of rotatable bonds is 7. The van der Waals surface area contributed by atoms with Gasteiger partial charge in [0.05, 0.1) is 5.25 Å². The van der Waals surface area contributed by atoms with Gasteiger partial charge in [-0.15, -0.1) is 11.6 Å². The quantitative estimate of drug-likeness (QED) is 0.676. The predicted octanol–water partition coefficient (Wildman–Crippen LogP) is 3.23. The zero-order valence-corrected chi connectivity index (χ0v) is 13.3. The van der Waals surface area contributed by atoms with E-state index in [1.807, 2.05) is 0 Å². The van der Waals surface area contributed by atoms with Crippen molar-refractivity contribution < 1.29 is 8.42 Å². The topological polar surface area (TPSA) is 37.4 Å². The van der Waals surface area contributed by atoms with Crippen LogP contribution in [0.15, 0.2) is 0 Å². The fourth-order valence-corrected chi connectivity index (χ4v) is 4.49. The Morgan fingerprint density at radius 3 is 2.22 bits per heavy atom. The van der Waals surface area contributed by atoms with Crippen LogP contribution in [0.3, 0.4) is 0 Å². The molecule has 18 heavy (non-hydrogen) atoms. The van der Waals surface area contributed by atoms with Gasteiger partial charge in [0.2, 0.25) is 10.0 Å². The SMILES string of the molecule is CC(C)CCN(C1CCCC1)S(=O)(=O)C(C)CCl. The van der Waals surface area contributed by atoms with Crippen molar-refractivity contribution in [1.82, 2.24) is 4.31 Å². The minimum atomic E-state index is -3.23. The average Bonchev–Trinajstić information content (AvgIpc) is 2.80. The summed E-state index contributed by atoms with van der Waals surface area (Å²) >= 11 is 5.74. The Hall–Kier alpha value is 0.200. The minimum Gasteiger partial charge on any atom is -0.212 e. The van der Waals surface area contributed by atoms with Crippen molar-refractivity contribution in [2.45, 2.75) is 64.2 Å². The molecule has 1 rings (SSSR count). The molecule has 0 amide bonds. The van der Waals surface area contributed by atoms with Gasteiger partial charge in [-0.2, -0.15) is 4.31 Å². The monoisotopic (exact) mass is 295 g/mol. The molecule has 0 aromatic carbocycles. The molecule has 0 heterocycles. The van der Waals surface area contributed by atoms with Gasteiger partial charge in [0.15, 0.2) is 0 Å². The molecule has 0 aliphatic heterocycles. The zero-order chi connectivity index (χ0) is 13.8. The molecule has 1 fully saturated rings. The summed E-state index contributed by atoms with van der Waals surface area (Å²) < 4.78 is 26.7. The molecule has 5 heteroatoms. The van der Waals surface area contributed by atoms with Crippen LogP contribution in [0, 0.1) is 5.92 Å². The van der Waals surface area contributed by atoms with Crippen molar-refractivity contribution in [1.29, 1.82) is 0 Å². The van der Waals surface area contributed by atoms with E-state index in [9.17, 15) is 8.42 Å². The molecule has 1 aliphatic carbocycles. The van der Waals surface area contributed by atoms with Crippen molar-refractivity contribution in [2.24, 2.45) is 5.92 Å². The Kier molecular flexibility index (Phi) is 6.42. The lowest BCUT2D eigenvalue weighted by Gasteiger charge is -2.30. The Labute approximate surface area is 117 Å². The van der Waals surface area contributed by atoms with Crippen LogP contribution in [0.4, 0.5) is 0 Å². The van der Waals surface area contributed by atoms with Gasteiger partial charge in [-0.25, -0.2) is 8.42 Å². The largest absolute Gasteiger partial charge is 0.218 e. The Balaban J connectivity index is 2.81. The highest BCUT2D eigenvalue weighted by atomic mass is 35.5. The third-order valence-corrected chi connectivity index (χ3v) is 6.68. The first-order valence-corrected chi connectivity index (χ1v) is 9.00. The molecular formula is C13H26ClNO2S. The summed E-state index contributed by atoms with van der Waals surface area (Å²) in [5, 5.41) is -0.480. The molecule has 1 atom stereocenters. The van der Waals surface area contributed by atoms with Gasteiger partial charge in [-0.05, 0) is 32.1 Å². The maximum Gasteiger partial charge on any atom is 0.218 e. The molecule has 108 valence electrons. The first kappa shape index (κ1) is 16.3. The molecular weight excluding hydrogens is 270 g/mol. The third kappa shape index (κ3) is 4.10. The molecule has 1 unspecified atom stereocenters. The van der Waals surface area contributed by atoms with E-state index >= 15 is 0 Å². The zero-order valence-electron chi connectivity index (χ0n) is 11.7. The Morgan fingerprint density at radius 2 is 1.78 bits per heavy atom. The summed E-state index contributed by atoms with van der Waals surface area (Å²) in [7, 11) is -3.23. The van der Waals surface area contributed by atoms with E-state index in [-0.39, 0.29) is 11.9 Å². The molecule has 0 spiro atoms. The maximum absolute atomic E-state index is 12.5. The van der Waals surface area contributed by atoms with E-state index in [1.54, 1.807) is 11.2 Å². The maximum atomic E-state index is 12.5. The molecule has 1 saturated carbocycles. The molecule has 0 aromatic rings. The highest BCUT2D eigenvalue weighted by molar-refractivity contribution is 7.89. The number of hydrogen-bond acceptors (Lipinski definition) is 2. The lowest BCUT2D eigenvalue weighted by Crippen LogP contribution is -2.44. The van der Waals surface area contributed by atoms with Crippen LogP contribution >= 0.6 is 11.6 Å².